The van der Waals surface area contributed by atoms with Crippen LogP contribution < -0.4 is 5.73 Å². The summed E-state index contributed by atoms with van der Waals surface area (Å²) in [4.78, 5) is 24.4. The first-order valence-corrected chi connectivity index (χ1v) is 5.71. The molecule has 0 atom stereocenters. The van der Waals surface area contributed by atoms with Crippen molar-refractivity contribution in [1.82, 2.24) is 4.90 Å². The van der Waals surface area contributed by atoms with Crippen LogP contribution in [0.1, 0.15) is 28.8 Å². The molecule has 0 spiro atoms. The number of nitrogens with zero attached hydrogens (tertiary/aromatic N) is 1. The van der Waals surface area contributed by atoms with Gasteiger partial charge in [0.15, 0.2) is 0 Å². The van der Waals surface area contributed by atoms with Gasteiger partial charge in [0.1, 0.15) is 0 Å². The minimum absolute atomic E-state index is 0.212. The highest BCUT2D eigenvalue weighted by molar-refractivity contribution is 5.92. The van der Waals surface area contributed by atoms with Crippen LogP contribution in [-0.4, -0.2) is 23.8 Å². The lowest BCUT2D eigenvalue weighted by molar-refractivity contribution is -0.131. The first kappa shape index (κ1) is 11.6. The van der Waals surface area contributed by atoms with Crippen molar-refractivity contribution in [1.29, 1.82) is 0 Å². The Balaban J connectivity index is 1.98. The molecule has 0 saturated heterocycles. The summed E-state index contributed by atoms with van der Waals surface area (Å²) >= 11 is 0. The zero-order chi connectivity index (χ0) is 12.4. The molecule has 1 aromatic rings. The fraction of sp³-hybridized carbons (Fsp3) is 0.385. The molecule has 1 aromatic carbocycles. The van der Waals surface area contributed by atoms with Crippen LogP contribution in [0.3, 0.4) is 0 Å². The van der Waals surface area contributed by atoms with Crippen LogP contribution in [0.4, 0.5) is 0 Å². The first-order chi connectivity index (χ1) is 8.08. The van der Waals surface area contributed by atoms with Gasteiger partial charge in [-0.15, -0.1) is 0 Å². The molecule has 1 saturated carbocycles. The summed E-state index contributed by atoms with van der Waals surface area (Å²) in [6, 6.07) is 7.04. The normalized spacial score (nSPS) is 14.4. The number of carbonyl (C=O) groups excluding carboxylic acids is 2. The fourth-order valence-corrected chi connectivity index (χ4v) is 1.77. The van der Waals surface area contributed by atoms with Crippen molar-refractivity contribution in [3.05, 3.63) is 35.4 Å². The van der Waals surface area contributed by atoms with Gasteiger partial charge in [0, 0.05) is 25.1 Å². The van der Waals surface area contributed by atoms with Gasteiger partial charge in [0.2, 0.25) is 11.8 Å². The summed E-state index contributed by atoms with van der Waals surface area (Å²) in [6.45, 7) is 0.578. The largest absolute Gasteiger partial charge is 0.366 e. The summed E-state index contributed by atoms with van der Waals surface area (Å²) in [5.74, 6) is 0.0211. The second-order valence-electron chi connectivity index (χ2n) is 4.53. The van der Waals surface area contributed by atoms with E-state index >= 15 is 0 Å². The number of benzene rings is 1. The predicted molar refractivity (Wildman–Crippen MR) is 64.2 cm³/mol. The molecule has 0 aromatic heterocycles. The van der Waals surface area contributed by atoms with Crippen LogP contribution in [0.2, 0.25) is 0 Å². The van der Waals surface area contributed by atoms with Gasteiger partial charge in [-0.3, -0.25) is 9.59 Å². The second kappa shape index (κ2) is 4.57. The third-order valence-electron chi connectivity index (χ3n) is 2.96. The lowest BCUT2D eigenvalue weighted by atomic mass is 10.1. The van der Waals surface area contributed by atoms with Gasteiger partial charge < -0.3 is 10.6 Å². The number of primary amides is 1. The van der Waals surface area contributed by atoms with E-state index < -0.39 is 5.91 Å². The number of nitrogens with two attached hydrogens (primary N) is 1. The average molecular weight is 232 g/mol. The van der Waals surface area contributed by atoms with Gasteiger partial charge in [0.05, 0.1) is 0 Å². The highest BCUT2D eigenvalue weighted by Crippen LogP contribution is 2.30. The van der Waals surface area contributed by atoms with Crippen molar-refractivity contribution in [3.63, 3.8) is 0 Å². The Morgan fingerprint density at radius 3 is 2.35 bits per heavy atom. The molecule has 4 heteroatoms. The lowest BCUT2D eigenvalue weighted by Gasteiger charge is -2.17. The Hall–Kier alpha value is -1.84. The van der Waals surface area contributed by atoms with Gasteiger partial charge in [-0.05, 0) is 30.5 Å². The number of rotatable bonds is 4. The van der Waals surface area contributed by atoms with E-state index in [0.717, 1.165) is 18.4 Å². The van der Waals surface area contributed by atoms with Crippen molar-refractivity contribution < 1.29 is 9.59 Å². The topological polar surface area (TPSA) is 63.4 Å². The van der Waals surface area contributed by atoms with Crippen LogP contribution in [0, 0.1) is 5.92 Å². The number of amides is 2. The van der Waals surface area contributed by atoms with Gasteiger partial charge in [-0.2, -0.15) is 0 Å². The molecule has 4 nitrogen and oxygen atoms in total. The molecule has 0 aliphatic heterocycles. The van der Waals surface area contributed by atoms with Gasteiger partial charge in [-0.1, -0.05) is 12.1 Å². The maximum atomic E-state index is 11.7. The summed E-state index contributed by atoms with van der Waals surface area (Å²) in [6.07, 6.45) is 2.04. The third kappa shape index (κ3) is 2.84. The van der Waals surface area contributed by atoms with Gasteiger partial charge >= 0.3 is 0 Å². The number of hydrogen-bond donors (Lipinski definition) is 1. The smallest absolute Gasteiger partial charge is 0.248 e. The Labute approximate surface area is 100 Å². The molecule has 1 aliphatic rings. The zero-order valence-electron chi connectivity index (χ0n) is 9.85. The predicted octanol–water partition coefficient (Wildman–Crippen LogP) is 1.15. The molecule has 0 heterocycles. The minimum Gasteiger partial charge on any atom is -0.366 e. The highest BCUT2D eigenvalue weighted by atomic mass is 16.2. The van der Waals surface area contributed by atoms with Crippen LogP contribution in [0.5, 0.6) is 0 Å². The molecule has 2 rings (SSSR count). The summed E-state index contributed by atoms with van der Waals surface area (Å²) in [5, 5.41) is 0. The van der Waals surface area contributed by atoms with E-state index in [1.165, 1.54) is 0 Å². The van der Waals surface area contributed by atoms with E-state index in [1.54, 1.807) is 17.0 Å². The van der Waals surface area contributed by atoms with Gasteiger partial charge in [-0.25, -0.2) is 0 Å². The summed E-state index contributed by atoms with van der Waals surface area (Å²) < 4.78 is 0. The fourth-order valence-electron chi connectivity index (χ4n) is 1.77. The molecule has 90 valence electrons. The SMILES string of the molecule is CN(Cc1ccc(C(N)=O)cc1)C(=O)C1CC1. The van der Waals surface area contributed by atoms with Crippen LogP contribution >= 0.6 is 0 Å². The summed E-state index contributed by atoms with van der Waals surface area (Å²) in [7, 11) is 1.81. The van der Waals surface area contributed by atoms with Crippen LogP contribution in [-0.2, 0) is 11.3 Å². The Bertz CT molecular complexity index is 435. The quantitative estimate of drug-likeness (QED) is 0.846. The number of hydrogen-bond acceptors (Lipinski definition) is 2. The van der Waals surface area contributed by atoms with Crippen LogP contribution in [0.15, 0.2) is 24.3 Å². The van der Waals surface area contributed by atoms with E-state index in [1.807, 2.05) is 19.2 Å². The molecule has 1 fully saturated rings. The molecule has 0 unspecified atom stereocenters. The third-order valence-corrected chi connectivity index (χ3v) is 2.96. The average Bonchev–Trinajstić information content (AvgIpc) is 3.12. The van der Waals surface area contributed by atoms with Crippen LogP contribution in [0.25, 0.3) is 0 Å². The highest BCUT2D eigenvalue weighted by Gasteiger charge is 2.31. The monoisotopic (exact) mass is 232 g/mol. The van der Waals surface area contributed by atoms with E-state index in [0.29, 0.717) is 12.1 Å². The summed E-state index contributed by atoms with van der Waals surface area (Å²) in [5.41, 5.74) is 6.65. The van der Waals surface area contributed by atoms with Crippen molar-refractivity contribution in [2.75, 3.05) is 7.05 Å². The van der Waals surface area contributed by atoms with Crippen molar-refractivity contribution >= 4 is 11.8 Å². The Morgan fingerprint density at radius 1 is 1.29 bits per heavy atom. The van der Waals surface area contributed by atoms with Crippen molar-refractivity contribution in [3.8, 4) is 0 Å². The maximum Gasteiger partial charge on any atom is 0.248 e. The van der Waals surface area contributed by atoms with Crippen molar-refractivity contribution in [2.45, 2.75) is 19.4 Å². The molecule has 1 aliphatic carbocycles. The van der Waals surface area contributed by atoms with E-state index in [9.17, 15) is 9.59 Å². The van der Waals surface area contributed by atoms with E-state index in [2.05, 4.69) is 0 Å². The first-order valence-electron chi connectivity index (χ1n) is 5.71. The molecule has 2 N–H and O–H groups in total. The molecule has 0 bridgehead atoms. The van der Waals surface area contributed by atoms with Crippen molar-refractivity contribution in [2.24, 2.45) is 11.7 Å². The van der Waals surface area contributed by atoms with Gasteiger partial charge in [0.25, 0.3) is 0 Å². The maximum absolute atomic E-state index is 11.7. The minimum atomic E-state index is -0.432. The Morgan fingerprint density at radius 2 is 1.88 bits per heavy atom. The van der Waals surface area contributed by atoms with E-state index in [-0.39, 0.29) is 11.8 Å². The standard InChI is InChI=1S/C13H16N2O2/c1-15(13(17)11-6-7-11)8-9-2-4-10(5-3-9)12(14)16/h2-5,11H,6-8H2,1H3,(H2,14,16). The number of carbonyl (C=O) groups is 2. The van der Waals surface area contributed by atoms with E-state index in [4.69, 9.17) is 5.73 Å². The molecule has 0 radical (unpaired) electrons. The molecule has 17 heavy (non-hydrogen) atoms. The molecular formula is C13H16N2O2. The molecule has 2 amide bonds. The molecular weight excluding hydrogens is 216 g/mol. The second-order valence-corrected chi connectivity index (χ2v) is 4.53. The zero-order valence-corrected chi connectivity index (χ0v) is 9.85. The Kier molecular flexibility index (Phi) is 3.13. The lowest BCUT2D eigenvalue weighted by Crippen LogP contribution is -2.27.